The molecule has 0 bridgehead atoms. The summed E-state index contributed by atoms with van der Waals surface area (Å²) in [5.41, 5.74) is 0. The van der Waals surface area contributed by atoms with Gasteiger partial charge in [0.05, 0.1) is 6.04 Å². The zero-order valence-corrected chi connectivity index (χ0v) is 18.4. The highest BCUT2D eigenvalue weighted by molar-refractivity contribution is 5.90. The van der Waals surface area contributed by atoms with Gasteiger partial charge in [-0.2, -0.15) is 0 Å². The Bertz CT molecular complexity index is 553. The van der Waals surface area contributed by atoms with E-state index < -0.39 is 0 Å². The third-order valence-corrected chi connectivity index (χ3v) is 6.00. The Morgan fingerprint density at radius 3 is 2.25 bits per heavy atom. The number of ketones is 1. The number of likely N-dealkylation sites (tertiary alicyclic amines) is 1. The molecule has 2 aliphatic heterocycles. The predicted molar refractivity (Wildman–Crippen MR) is 111 cm³/mol. The summed E-state index contributed by atoms with van der Waals surface area (Å²) in [5.74, 6) is 1.29. The summed E-state index contributed by atoms with van der Waals surface area (Å²) in [6, 6.07) is -0.577. The SMILES string of the molecule is CCC(=O)C1CCN(C(=O)[C@H](CC(C)C)N2CCN[C@@H](CC(C)C)C2=O)CC1. The molecule has 0 aliphatic carbocycles. The maximum atomic E-state index is 13.4. The van der Waals surface area contributed by atoms with E-state index in [1.165, 1.54) is 0 Å². The second-order valence-electron chi connectivity index (χ2n) is 9.23. The van der Waals surface area contributed by atoms with Crippen molar-refractivity contribution in [1.29, 1.82) is 0 Å². The number of nitrogens with zero attached hydrogens (tertiary/aromatic N) is 2. The van der Waals surface area contributed by atoms with Gasteiger partial charge in [-0.3, -0.25) is 14.4 Å². The fourth-order valence-corrected chi connectivity index (χ4v) is 4.45. The molecule has 0 spiro atoms. The van der Waals surface area contributed by atoms with Crippen LogP contribution in [-0.2, 0) is 14.4 Å². The second kappa shape index (κ2) is 10.4. The van der Waals surface area contributed by atoms with E-state index in [1.54, 1.807) is 0 Å². The van der Waals surface area contributed by atoms with Gasteiger partial charge in [0.1, 0.15) is 11.8 Å². The quantitative estimate of drug-likeness (QED) is 0.688. The number of hydrogen-bond acceptors (Lipinski definition) is 4. The smallest absolute Gasteiger partial charge is 0.245 e. The average Bonchev–Trinajstić information content (AvgIpc) is 2.66. The standard InChI is InChI=1S/C22H39N3O3/c1-6-20(26)17-7-10-24(11-8-17)22(28)19(14-16(4)5)25-12-9-23-18(21(25)27)13-15(2)3/h15-19,23H,6-14H2,1-5H3/t18-,19-/m0/s1. The number of amides is 2. The van der Waals surface area contributed by atoms with Gasteiger partial charge in [-0.1, -0.05) is 34.6 Å². The molecule has 2 amide bonds. The molecule has 2 saturated heterocycles. The van der Waals surface area contributed by atoms with E-state index in [0.717, 1.165) is 25.8 Å². The molecule has 6 nitrogen and oxygen atoms in total. The van der Waals surface area contributed by atoms with Gasteiger partial charge >= 0.3 is 0 Å². The number of carbonyl (C=O) groups is 3. The minimum atomic E-state index is -0.386. The maximum Gasteiger partial charge on any atom is 0.245 e. The van der Waals surface area contributed by atoms with Crippen LogP contribution in [0.25, 0.3) is 0 Å². The number of hydrogen-bond donors (Lipinski definition) is 1. The normalized spacial score (nSPS) is 22.8. The highest BCUT2D eigenvalue weighted by Gasteiger charge is 2.39. The lowest BCUT2D eigenvalue weighted by atomic mass is 9.90. The Labute approximate surface area is 170 Å². The highest BCUT2D eigenvalue weighted by Crippen LogP contribution is 2.24. The minimum absolute atomic E-state index is 0.0645. The first kappa shape index (κ1) is 22.9. The van der Waals surface area contributed by atoms with E-state index in [1.807, 2.05) is 16.7 Å². The van der Waals surface area contributed by atoms with Crippen LogP contribution < -0.4 is 5.32 Å². The summed E-state index contributed by atoms with van der Waals surface area (Å²) in [6.45, 7) is 12.9. The first-order chi connectivity index (χ1) is 13.2. The fourth-order valence-electron chi connectivity index (χ4n) is 4.45. The van der Waals surface area contributed by atoms with Gasteiger partial charge < -0.3 is 15.1 Å². The van der Waals surface area contributed by atoms with E-state index in [9.17, 15) is 14.4 Å². The Hall–Kier alpha value is -1.43. The van der Waals surface area contributed by atoms with Gasteiger partial charge in [-0.15, -0.1) is 0 Å². The van der Waals surface area contributed by atoms with Crippen LogP contribution in [0.5, 0.6) is 0 Å². The summed E-state index contributed by atoms with van der Waals surface area (Å²) in [4.78, 5) is 42.2. The number of piperidine rings is 1. The van der Waals surface area contributed by atoms with Crippen LogP contribution >= 0.6 is 0 Å². The Morgan fingerprint density at radius 2 is 1.71 bits per heavy atom. The molecule has 0 radical (unpaired) electrons. The third kappa shape index (κ3) is 5.79. The van der Waals surface area contributed by atoms with Crippen LogP contribution in [0, 0.1) is 17.8 Å². The average molecular weight is 394 g/mol. The molecular formula is C22H39N3O3. The molecule has 2 fully saturated rings. The molecule has 160 valence electrons. The van der Waals surface area contributed by atoms with Gasteiger partial charge in [0, 0.05) is 38.5 Å². The van der Waals surface area contributed by atoms with Crippen molar-refractivity contribution in [3.63, 3.8) is 0 Å². The van der Waals surface area contributed by atoms with E-state index in [4.69, 9.17) is 0 Å². The largest absolute Gasteiger partial charge is 0.341 e. The Kier molecular flexibility index (Phi) is 8.47. The van der Waals surface area contributed by atoms with Crippen LogP contribution in [0.3, 0.4) is 0 Å². The van der Waals surface area contributed by atoms with Crippen LogP contribution in [-0.4, -0.2) is 65.7 Å². The maximum absolute atomic E-state index is 13.4. The molecule has 28 heavy (non-hydrogen) atoms. The zero-order chi connectivity index (χ0) is 20.8. The lowest BCUT2D eigenvalue weighted by molar-refractivity contribution is -0.150. The van der Waals surface area contributed by atoms with Crippen LogP contribution in [0.4, 0.5) is 0 Å². The molecule has 0 aromatic rings. The number of rotatable bonds is 8. The fraction of sp³-hybridized carbons (Fsp3) is 0.864. The number of nitrogens with one attached hydrogen (secondary N) is 1. The first-order valence-corrected chi connectivity index (χ1v) is 11.1. The van der Waals surface area contributed by atoms with Gasteiger partial charge in [0.2, 0.25) is 11.8 Å². The van der Waals surface area contributed by atoms with Gasteiger partial charge in [-0.25, -0.2) is 0 Å². The molecule has 1 N–H and O–H groups in total. The van der Waals surface area contributed by atoms with Crippen LogP contribution in [0.2, 0.25) is 0 Å². The first-order valence-electron chi connectivity index (χ1n) is 11.1. The van der Waals surface area contributed by atoms with E-state index >= 15 is 0 Å². The van der Waals surface area contributed by atoms with Crippen molar-refractivity contribution >= 4 is 17.6 Å². The van der Waals surface area contributed by atoms with Gasteiger partial charge in [-0.05, 0) is 37.5 Å². The van der Waals surface area contributed by atoms with Crippen molar-refractivity contribution in [1.82, 2.24) is 15.1 Å². The molecule has 0 aromatic carbocycles. The lowest BCUT2D eigenvalue weighted by Gasteiger charge is -2.42. The van der Waals surface area contributed by atoms with E-state index in [2.05, 4.69) is 33.0 Å². The minimum Gasteiger partial charge on any atom is -0.341 e. The Morgan fingerprint density at radius 1 is 1.07 bits per heavy atom. The summed E-state index contributed by atoms with van der Waals surface area (Å²) in [5, 5.41) is 3.33. The molecule has 2 rings (SSSR count). The molecule has 2 aliphatic rings. The highest BCUT2D eigenvalue weighted by atomic mass is 16.2. The molecular weight excluding hydrogens is 354 g/mol. The van der Waals surface area contributed by atoms with Crippen molar-refractivity contribution in [3.05, 3.63) is 0 Å². The topological polar surface area (TPSA) is 69.7 Å². The third-order valence-electron chi connectivity index (χ3n) is 6.00. The van der Waals surface area contributed by atoms with Crippen LogP contribution in [0.1, 0.15) is 66.7 Å². The van der Waals surface area contributed by atoms with Gasteiger partial charge in [0.15, 0.2) is 0 Å². The van der Waals surface area contributed by atoms with Crippen LogP contribution in [0.15, 0.2) is 0 Å². The Balaban J connectivity index is 2.09. The van der Waals surface area contributed by atoms with E-state index in [-0.39, 0.29) is 29.8 Å². The number of piperazine rings is 1. The predicted octanol–water partition coefficient (Wildman–Crippen LogP) is 2.47. The number of carbonyl (C=O) groups excluding carboxylic acids is 3. The molecule has 0 unspecified atom stereocenters. The van der Waals surface area contributed by atoms with Crippen molar-refractivity contribution in [2.24, 2.45) is 17.8 Å². The number of Topliss-reactive ketones (excluding diaryl/α,β-unsaturated/α-hetero) is 1. The van der Waals surface area contributed by atoms with Crippen molar-refractivity contribution in [2.45, 2.75) is 78.8 Å². The van der Waals surface area contributed by atoms with Crippen molar-refractivity contribution < 1.29 is 14.4 Å². The zero-order valence-electron chi connectivity index (χ0n) is 18.4. The van der Waals surface area contributed by atoms with Crippen molar-refractivity contribution in [3.8, 4) is 0 Å². The summed E-state index contributed by atoms with van der Waals surface area (Å²) in [7, 11) is 0. The monoisotopic (exact) mass is 393 g/mol. The molecule has 2 atom stereocenters. The summed E-state index contributed by atoms with van der Waals surface area (Å²) >= 11 is 0. The summed E-state index contributed by atoms with van der Waals surface area (Å²) in [6.07, 6.45) is 3.55. The molecule has 0 aromatic heterocycles. The molecule has 0 saturated carbocycles. The lowest BCUT2D eigenvalue weighted by Crippen LogP contribution is -2.62. The van der Waals surface area contributed by atoms with E-state index in [0.29, 0.717) is 50.1 Å². The van der Waals surface area contributed by atoms with Gasteiger partial charge in [0.25, 0.3) is 0 Å². The van der Waals surface area contributed by atoms with Crippen molar-refractivity contribution in [2.75, 3.05) is 26.2 Å². The second-order valence-corrected chi connectivity index (χ2v) is 9.23. The molecule has 2 heterocycles. The molecule has 6 heteroatoms. The summed E-state index contributed by atoms with van der Waals surface area (Å²) < 4.78 is 0.